The summed E-state index contributed by atoms with van der Waals surface area (Å²) in [7, 11) is 0. The number of rotatable bonds is 5. The number of carboxylic acids is 1. The van der Waals surface area contributed by atoms with Crippen molar-refractivity contribution < 1.29 is 14.7 Å². The Balaban J connectivity index is 1.55. The average Bonchev–Trinajstić information content (AvgIpc) is 2.72. The molecule has 3 aromatic carbocycles. The third-order valence-corrected chi connectivity index (χ3v) is 4.68. The molecular weight excluding hydrogens is 352 g/mol. The van der Waals surface area contributed by atoms with Gasteiger partial charge in [0.1, 0.15) is 6.04 Å². The van der Waals surface area contributed by atoms with Gasteiger partial charge in [0.2, 0.25) is 0 Å². The number of aliphatic carboxylic acids is 1. The molecule has 5 heteroatoms. The van der Waals surface area contributed by atoms with E-state index in [2.05, 4.69) is 10.3 Å². The molecule has 138 valence electrons. The molecule has 0 unspecified atom stereocenters. The molecule has 4 rings (SSSR count). The molecular formula is C23H18N2O3. The highest BCUT2D eigenvalue weighted by atomic mass is 16.4. The number of carbonyl (C=O) groups excluding carboxylic acids is 1. The summed E-state index contributed by atoms with van der Waals surface area (Å²) in [5.41, 5.74) is 1.84. The number of aromatic nitrogens is 1. The maximum Gasteiger partial charge on any atom is 0.326 e. The molecule has 0 fully saturated rings. The van der Waals surface area contributed by atoms with Crippen LogP contribution in [0.3, 0.4) is 0 Å². The molecule has 0 saturated heterocycles. The Kier molecular flexibility index (Phi) is 4.72. The highest BCUT2D eigenvalue weighted by molar-refractivity contribution is 6.00. The fourth-order valence-corrected chi connectivity index (χ4v) is 3.20. The first-order chi connectivity index (χ1) is 13.6. The monoisotopic (exact) mass is 370 g/mol. The van der Waals surface area contributed by atoms with Crippen LogP contribution >= 0.6 is 0 Å². The Labute approximate surface area is 161 Å². The molecule has 0 saturated carbocycles. The van der Waals surface area contributed by atoms with Crippen molar-refractivity contribution in [2.24, 2.45) is 0 Å². The zero-order valence-electron chi connectivity index (χ0n) is 15.0. The Morgan fingerprint density at radius 3 is 2.32 bits per heavy atom. The summed E-state index contributed by atoms with van der Waals surface area (Å²) in [6.07, 6.45) is 0.111. The molecule has 0 aliphatic rings. The van der Waals surface area contributed by atoms with E-state index < -0.39 is 17.9 Å². The molecule has 0 aliphatic carbocycles. The fraction of sp³-hybridized carbons (Fsp3) is 0.0870. The predicted molar refractivity (Wildman–Crippen MR) is 108 cm³/mol. The van der Waals surface area contributed by atoms with Gasteiger partial charge in [-0.25, -0.2) is 4.79 Å². The number of hydrogen-bond acceptors (Lipinski definition) is 3. The van der Waals surface area contributed by atoms with Crippen molar-refractivity contribution in [1.82, 2.24) is 10.3 Å². The molecule has 1 aromatic heterocycles. The SMILES string of the molecule is O=C(N[C@H](Cc1ccc2ccccc2n1)C(=O)O)c1ccc2ccccc2c1. The van der Waals surface area contributed by atoms with Crippen molar-refractivity contribution in [3.05, 3.63) is 90.1 Å². The number of nitrogens with one attached hydrogen (secondary N) is 1. The second-order valence-electron chi connectivity index (χ2n) is 6.63. The van der Waals surface area contributed by atoms with Crippen LogP contribution in [-0.4, -0.2) is 28.0 Å². The summed E-state index contributed by atoms with van der Waals surface area (Å²) < 4.78 is 0. The Morgan fingerprint density at radius 1 is 0.857 bits per heavy atom. The minimum Gasteiger partial charge on any atom is -0.480 e. The van der Waals surface area contributed by atoms with Gasteiger partial charge in [0, 0.05) is 23.1 Å². The quantitative estimate of drug-likeness (QED) is 0.560. The molecule has 28 heavy (non-hydrogen) atoms. The normalized spacial score (nSPS) is 12.0. The number of carbonyl (C=O) groups is 2. The van der Waals surface area contributed by atoms with Gasteiger partial charge < -0.3 is 10.4 Å². The fourth-order valence-electron chi connectivity index (χ4n) is 3.20. The first kappa shape index (κ1) is 17.7. The van der Waals surface area contributed by atoms with Gasteiger partial charge in [0.05, 0.1) is 5.52 Å². The van der Waals surface area contributed by atoms with Crippen LogP contribution in [0.15, 0.2) is 78.9 Å². The topological polar surface area (TPSA) is 79.3 Å². The van der Waals surface area contributed by atoms with Gasteiger partial charge in [-0.2, -0.15) is 0 Å². The number of nitrogens with zero attached hydrogens (tertiary/aromatic N) is 1. The van der Waals surface area contributed by atoms with Crippen LogP contribution < -0.4 is 5.32 Å². The standard InChI is InChI=1S/C23H18N2O3/c26-22(18-10-9-15-5-1-2-7-17(15)13-18)25-21(23(27)28)14-19-12-11-16-6-3-4-8-20(16)24-19/h1-13,21H,14H2,(H,25,26)(H,27,28)/t21-/m1/s1. The largest absolute Gasteiger partial charge is 0.480 e. The van der Waals surface area contributed by atoms with E-state index in [1.807, 2.05) is 60.7 Å². The van der Waals surface area contributed by atoms with Crippen LogP contribution in [0.4, 0.5) is 0 Å². The van der Waals surface area contributed by atoms with Gasteiger partial charge in [0.15, 0.2) is 0 Å². The number of pyridine rings is 1. The molecule has 1 heterocycles. The third-order valence-electron chi connectivity index (χ3n) is 4.68. The zero-order valence-corrected chi connectivity index (χ0v) is 15.0. The van der Waals surface area contributed by atoms with Crippen LogP contribution in [0, 0.1) is 0 Å². The van der Waals surface area contributed by atoms with Crippen molar-refractivity contribution in [2.75, 3.05) is 0 Å². The van der Waals surface area contributed by atoms with Gasteiger partial charge in [-0.3, -0.25) is 9.78 Å². The van der Waals surface area contributed by atoms with E-state index >= 15 is 0 Å². The third kappa shape index (κ3) is 3.69. The van der Waals surface area contributed by atoms with Crippen molar-refractivity contribution in [2.45, 2.75) is 12.5 Å². The van der Waals surface area contributed by atoms with Crippen LogP contribution in [0.2, 0.25) is 0 Å². The van der Waals surface area contributed by atoms with E-state index in [-0.39, 0.29) is 6.42 Å². The van der Waals surface area contributed by atoms with Crippen molar-refractivity contribution in [3.8, 4) is 0 Å². The maximum atomic E-state index is 12.6. The highest BCUT2D eigenvalue weighted by Gasteiger charge is 2.22. The molecule has 5 nitrogen and oxygen atoms in total. The van der Waals surface area contributed by atoms with E-state index in [4.69, 9.17) is 0 Å². The number of hydrogen-bond donors (Lipinski definition) is 2. The molecule has 0 spiro atoms. The Bertz CT molecular complexity index is 1190. The van der Waals surface area contributed by atoms with E-state index in [1.165, 1.54) is 0 Å². The molecule has 0 aliphatic heterocycles. The van der Waals surface area contributed by atoms with E-state index in [9.17, 15) is 14.7 Å². The van der Waals surface area contributed by atoms with Gasteiger partial charge in [-0.1, -0.05) is 54.6 Å². The first-order valence-corrected chi connectivity index (χ1v) is 8.97. The first-order valence-electron chi connectivity index (χ1n) is 8.97. The van der Waals surface area contributed by atoms with E-state index in [1.54, 1.807) is 18.2 Å². The number of carboxylic acid groups (broad SMARTS) is 1. The number of benzene rings is 3. The van der Waals surface area contributed by atoms with Crippen LogP contribution in [-0.2, 0) is 11.2 Å². The second-order valence-corrected chi connectivity index (χ2v) is 6.63. The maximum absolute atomic E-state index is 12.6. The van der Waals surface area contributed by atoms with E-state index in [0.717, 1.165) is 21.7 Å². The average molecular weight is 370 g/mol. The highest BCUT2D eigenvalue weighted by Crippen LogP contribution is 2.16. The predicted octanol–water partition coefficient (Wildman–Crippen LogP) is 3.81. The lowest BCUT2D eigenvalue weighted by Gasteiger charge is -2.15. The summed E-state index contributed by atoms with van der Waals surface area (Å²) in [4.78, 5) is 28.8. The van der Waals surface area contributed by atoms with Crippen LogP contribution in [0.5, 0.6) is 0 Å². The van der Waals surface area contributed by atoms with Gasteiger partial charge >= 0.3 is 5.97 Å². The van der Waals surface area contributed by atoms with Crippen molar-refractivity contribution >= 4 is 33.6 Å². The number of fused-ring (bicyclic) bond motifs is 2. The number of para-hydroxylation sites is 1. The van der Waals surface area contributed by atoms with Crippen molar-refractivity contribution in [1.29, 1.82) is 0 Å². The van der Waals surface area contributed by atoms with Gasteiger partial charge in [-0.15, -0.1) is 0 Å². The Morgan fingerprint density at radius 2 is 1.54 bits per heavy atom. The summed E-state index contributed by atoms with van der Waals surface area (Å²) in [6, 6.07) is 23.3. The molecule has 0 bridgehead atoms. The lowest BCUT2D eigenvalue weighted by molar-refractivity contribution is -0.139. The minimum absolute atomic E-state index is 0.111. The molecule has 4 aromatic rings. The smallest absolute Gasteiger partial charge is 0.326 e. The molecule has 1 amide bonds. The molecule has 1 atom stereocenters. The summed E-state index contributed by atoms with van der Waals surface area (Å²) >= 11 is 0. The molecule has 2 N–H and O–H groups in total. The van der Waals surface area contributed by atoms with Crippen LogP contribution in [0.1, 0.15) is 16.1 Å². The van der Waals surface area contributed by atoms with Crippen LogP contribution in [0.25, 0.3) is 21.7 Å². The summed E-state index contributed by atoms with van der Waals surface area (Å²) in [5.74, 6) is -1.51. The van der Waals surface area contributed by atoms with Gasteiger partial charge in [0.25, 0.3) is 5.91 Å². The molecule has 0 radical (unpaired) electrons. The lowest BCUT2D eigenvalue weighted by Crippen LogP contribution is -2.42. The second kappa shape index (κ2) is 7.48. The minimum atomic E-state index is -1.09. The summed E-state index contributed by atoms with van der Waals surface area (Å²) in [6.45, 7) is 0. The summed E-state index contributed by atoms with van der Waals surface area (Å²) in [5, 5.41) is 15.1. The Hall–Kier alpha value is -3.73. The van der Waals surface area contributed by atoms with Gasteiger partial charge in [-0.05, 0) is 35.0 Å². The zero-order chi connectivity index (χ0) is 19.5. The van der Waals surface area contributed by atoms with Crippen molar-refractivity contribution in [3.63, 3.8) is 0 Å². The van der Waals surface area contributed by atoms with E-state index in [0.29, 0.717) is 11.3 Å². The number of amides is 1. The lowest BCUT2D eigenvalue weighted by atomic mass is 10.1.